The molecule has 0 saturated carbocycles. The molecule has 14 N–H and O–H groups in total. The predicted molar refractivity (Wildman–Crippen MR) is 238 cm³/mol. The topological polar surface area (TPSA) is 373 Å². The number of benzene rings is 4. The molecule has 0 bridgehead atoms. The van der Waals surface area contributed by atoms with E-state index in [0.29, 0.717) is 22.3 Å². The first kappa shape index (κ1) is 52.1. The molecule has 4 aromatic rings. The van der Waals surface area contributed by atoms with Gasteiger partial charge in [0, 0.05) is 25.7 Å². The molecule has 0 aliphatic heterocycles. The third kappa shape index (κ3) is 17.5. The number of aliphatic carboxylic acids is 3. The van der Waals surface area contributed by atoms with Gasteiger partial charge in [0.15, 0.2) is 0 Å². The molecule has 22 heteroatoms. The summed E-state index contributed by atoms with van der Waals surface area (Å²) < 4.78 is 0. The maximum absolute atomic E-state index is 14.2. The minimum Gasteiger partial charge on any atom is -0.508 e. The summed E-state index contributed by atoms with van der Waals surface area (Å²) in [6.45, 7) is -0.786. The fraction of sp³-hybridized carbons (Fsp3) is 0.283. The van der Waals surface area contributed by atoms with Gasteiger partial charge in [0.1, 0.15) is 47.5 Å². The molecule has 68 heavy (non-hydrogen) atoms. The summed E-state index contributed by atoms with van der Waals surface area (Å²) in [6.07, 6.45) is -2.72. The van der Waals surface area contributed by atoms with Crippen molar-refractivity contribution >= 4 is 53.4 Å². The Morgan fingerprint density at radius 2 is 0.765 bits per heavy atom. The van der Waals surface area contributed by atoms with Crippen LogP contribution in [0.15, 0.2) is 103 Å². The van der Waals surface area contributed by atoms with E-state index in [-0.39, 0.29) is 42.9 Å². The first-order chi connectivity index (χ1) is 32.3. The lowest BCUT2D eigenvalue weighted by Crippen LogP contribution is -2.59. The molecule has 0 aliphatic rings. The van der Waals surface area contributed by atoms with E-state index in [1.54, 1.807) is 30.3 Å². The van der Waals surface area contributed by atoms with E-state index in [0.717, 1.165) is 0 Å². The van der Waals surface area contributed by atoms with Gasteiger partial charge >= 0.3 is 17.9 Å². The Hall–Kier alpha value is -8.53. The molecule has 4 rings (SSSR count). The molecule has 0 spiro atoms. The fourth-order valence-electron chi connectivity index (χ4n) is 6.58. The lowest BCUT2D eigenvalue weighted by atomic mass is 10.0. The number of hydrogen-bond acceptors (Lipinski definition) is 13. The molecule has 0 unspecified atom stereocenters. The van der Waals surface area contributed by atoms with E-state index < -0.39 is 109 Å². The van der Waals surface area contributed by atoms with E-state index in [1.165, 1.54) is 72.8 Å². The monoisotopic (exact) mass is 941 g/mol. The molecule has 6 amide bonds. The normalized spacial score (nSPS) is 13.4. The molecule has 0 heterocycles. The average molecular weight is 942 g/mol. The van der Waals surface area contributed by atoms with Crippen molar-refractivity contribution in [1.82, 2.24) is 31.9 Å². The predicted octanol–water partition coefficient (Wildman–Crippen LogP) is -1.02. The van der Waals surface area contributed by atoms with Crippen LogP contribution in [-0.2, 0) is 68.8 Å². The zero-order valence-corrected chi connectivity index (χ0v) is 36.2. The number of rotatable bonds is 25. The van der Waals surface area contributed by atoms with Crippen LogP contribution in [0, 0.1) is 0 Å². The number of phenolic OH excluding ortho intramolecular Hbond substituents is 3. The summed E-state index contributed by atoms with van der Waals surface area (Å²) in [7, 11) is 0. The lowest BCUT2D eigenvalue weighted by Gasteiger charge is -2.26. The summed E-state index contributed by atoms with van der Waals surface area (Å²) in [6, 6.07) is 15.3. The number of carboxylic acid groups (broad SMARTS) is 3. The molecular weight excluding hydrogens is 891 g/mol. The zero-order chi connectivity index (χ0) is 49.9. The summed E-state index contributed by atoms with van der Waals surface area (Å²) >= 11 is 0. The van der Waals surface area contributed by atoms with Crippen LogP contribution in [0.3, 0.4) is 0 Å². The second-order valence-corrected chi connectivity index (χ2v) is 15.5. The number of carbonyl (C=O) groups is 9. The van der Waals surface area contributed by atoms with Crippen molar-refractivity contribution in [1.29, 1.82) is 0 Å². The number of amides is 6. The van der Waals surface area contributed by atoms with Crippen LogP contribution in [0.5, 0.6) is 17.2 Å². The molecule has 22 nitrogen and oxygen atoms in total. The largest absolute Gasteiger partial charge is 0.508 e. The van der Waals surface area contributed by atoms with Crippen LogP contribution in [0.2, 0.25) is 0 Å². The number of nitrogens with two attached hydrogens (primary N) is 1. The van der Waals surface area contributed by atoms with Gasteiger partial charge in [-0.3, -0.25) is 38.4 Å². The van der Waals surface area contributed by atoms with E-state index in [9.17, 15) is 68.7 Å². The molecule has 360 valence electrons. The Kier molecular flexibility index (Phi) is 19.3. The number of hydrogen-bond donors (Lipinski definition) is 13. The van der Waals surface area contributed by atoms with E-state index in [4.69, 9.17) is 10.8 Å². The Morgan fingerprint density at radius 3 is 1.21 bits per heavy atom. The summed E-state index contributed by atoms with van der Waals surface area (Å²) in [5.41, 5.74) is 7.44. The second-order valence-electron chi connectivity index (χ2n) is 15.5. The Bertz CT molecular complexity index is 2420. The van der Waals surface area contributed by atoms with Gasteiger partial charge < -0.3 is 68.3 Å². The Morgan fingerprint density at radius 1 is 0.412 bits per heavy atom. The maximum Gasteiger partial charge on any atom is 0.326 e. The average Bonchev–Trinajstić information content (AvgIpc) is 3.29. The van der Waals surface area contributed by atoms with Gasteiger partial charge in [0.2, 0.25) is 35.4 Å². The van der Waals surface area contributed by atoms with Crippen LogP contribution in [0.1, 0.15) is 35.1 Å². The third-order valence-corrected chi connectivity index (χ3v) is 10.1. The van der Waals surface area contributed by atoms with Crippen molar-refractivity contribution < 1.29 is 73.8 Å². The van der Waals surface area contributed by atoms with Gasteiger partial charge in [-0.15, -0.1) is 0 Å². The van der Waals surface area contributed by atoms with Crippen molar-refractivity contribution in [2.75, 3.05) is 6.54 Å². The van der Waals surface area contributed by atoms with Crippen molar-refractivity contribution in [3.8, 4) is 17.2 Å². The van der Waals surface area contributed by atoms with Gasteiger partial charge in [-0.2, -0.15) is 0 Å². The summed E-state index contributed by atoms with van der Waals surface area (Å²) in [5, 5.41) is 72.1. The van der Waals surface area contributed by atoms with E-state index in [1.807, 2.05) is 0 Å². The van der Waals surface area contributed by atoms with Crippen molar-refractivity contribution in [2.45, 2.75) is 74.8 Å². The van der Waals surface area contributed by atoms with Gasteiger partial charge in [-0.1, -0.05) is 66.7 Å². The minimum atomic E-state index is -1.86. The van der Waals surface area contributed by atoms with Gasteiger partial charge in [0.25, 0.3) is 0 Å². The molecule has 0 fully saturated rings. The van der Waals surface area contributed by atoms with Crippen LogP contribution < -0.4 is 37.6 Å². The Labute approximate surface area is 387 Å². The number of phenols is 3. The SMILES string of the molecule is N[C@@H](CC(=O)O)C(=O)N[C@@H](Cc1ccc(O)cc1)C(=O)NCC(=O)N[C@@H](Cc1ccc(O)cc1)C(=O)N[C@@H](Cc1ccccc1)C(=O)N[C@@H](CC(=O)O)C(=O)N[C@@H](Cc1ccc(O)cc1)C(=O)O. The second kappa shape index (κ2) is 25.2. The molecule has 6 atom stereocenters. The molecule has 4 aromatic carbocycles. The molecule has 0 aromatic heterocycles. The van der Waals surface area contributed by atoms with Crippen LogP contribution in [-0.4, -0.2) is 127 Å². The van der Waals surface area contributed by atoms with Crippen molar-refractivity contribution in [2.24, 2.45) is 5.73 Å². The quantitative estimate of drug-likeness (QED) is 0.0378. The number of carbonyl (C=O) groups excluding carboxylic acids is 6. The molecule has 0 aliphatic carbocycles. The minimum absolute atomic E-state index is 0.0865. The van der Waals surface area contributed by atoms with Crippen LogP contribution >= 0.6 is 0 Å². The highest BCUT2D eigenvalue weighted by molar-refractivity contribution is 5.97. The third-order valence-electron chi connectivity index (χ3n) is 10.1. The standard InChI is InChI=1S/C46H51N7O15/c47-32(22-39(58)59)41(62)50-33(19-26-6-12-29(54)13-7-26)42(63)48-24-38(57)49-34(20-27-8-14-30(55)15-9-27)43(64)51-35(18-25-4-2-1-3-5-25)44(65)52-36(23-40(60)61)45(66)53-37(46(67)68)21-28-10-16-31(56)17-11-28/h1-17,32-37,54-56H,18-24,47H2,(H,48,63)(H,49,57)(H,50,62)(H,51,64)(H,52,65)(H,53,66)(H,58,59)(H,60,61)(H,67,68)/t32-,33-,34-,35-,36-,37-/m0/s1. The maximum atomic E-state index is 14.2. The number of carboxylic acids is 3. The lowest BCUT2D eigenvalue weighted by molar-refractivity contribution is -0.143. The Balaban J connectivity index is 1.55. The van der Waals surface area contributed by atoms with Crippen molar-refractivity contribution in [3.63, 3.8) is 0 Å². The number of nitrogens with one attached hydrogen (secondary N) is 6. The highest BCUT2D eigenvalue weighted by Crippen LogP contribution is 2.15. The number of aromatic hydroxyl groups is 3. The van der Waals surface area contributed by atoms with Crippen molar-refractivity contribution in [3.05, 3.63) is 125 Å². The molecule has 0 saturated heterocycles. The van der Waals surface area contributed by atoms with Gasteiger partial charge in [-0.25, -0.2) is 4.79 Å². The highest BCUT2D eigenvalue weighted by atomic mass is 16.4. The van der Waals surface area contributed by atoms with E-state index >= 15 is 0 Å². The first-order valence-electron chi connectivity index (χ1n) is 20.8. The van der Waals surface area contributed by atoms with Gasteiger partial charge in [0.05, 0.1) is 25.4 Å². The first-order valence-corrected chi connectivity index (χ1v) is 20.8. The summed E-state index contributed by atoms with van der Waals surface area (Å²) in [5.74, 6) is -10.8. The van der Waals surface area contributed by atoms with E-state index in [2.05, 4.69) is 31.9 Å². The molecule has 0 radical (unpaired) electrons. The molecular formula is C46H51N7O15. The van der Waals surface area contributed by atoms with Gasteiger partial charge in [-0.05, 0) is 58.7 Å². The summed E-state index contributed by atoms with van der Waals surface area (Å²) in [4.78, 5) is 117. The fourth-order valence-corrected chi connectivity index (χ4v) is 6.58. The highest BCUT2D eigenvalue weighted by Gasteiger charge is 2.33. The zero-order valence-electron chi connectivity index (χ0n) is 36.2. The van der Waals surface area contributed by atoms with Crippen LogP contribution in [0.4, 0.5) is 0 Å². The smallest absolute Gasteiger partial charge is 0.326 e. The van der Waals surface area contributed by atoms with Crippen LogP contribution in [0.25, 0.3) is 0 Å².